The van der Waals surface area contributed by atoms with Crippen LogP contribution in [0.3, 0.4) is 0 Å². The van der Waals surface area contributed by atoms with Crippen LogP contribution in [0.1, 0.15) is 26.6 Å². The maximum atomic E-state index is 11.6. The highest BCUT2D eigenvalue weighted by atomic mass is 16.2. The van der Waals surface area contributed by atoms with Crippen molar-refractivity contribution in [1.82, 2.24) is 15.3 Å². The molecule has 0 saturated carbocycles. The van der Waals surface area contributed by atoms with Gasteiger partial charge in [-0.1, -0.05) is 20.8 Å². The average Bonchev–Trinajstić information content (AvgIpc) is 2.14. The molecule has 1 aromatic heterocycles. The number of rotatable bonds is 3. The van der Waals surface area contributed by atoms with Gasteiger partial charge in [0, 0.05) is 24.4 Å². The first-order chi connectivity index (χ1) is 7.79. The van der Waals surface area contributed by atoms with Crippen LogP contribution < -0.4 is 16.6 Å². The zero-order chi connectivity index (χ0) is 13.1. The number of H-pyrrole nitrogens is 1. The van der Waals surface area contributed by atoms with E-state index in [0.29, 0.717) is 18.8 Å². The molecule has 0 atom stereocenters. The number of aromatic amines is 1. The Bertz CT molecular complexity index is 459. The van der Waals surface area contributed by atoms with Gasteiger partial charge < -0.3 is 16.0 Å². The number of hydrogen-bond acceptors (Lipinski definition) is 4. The van der Waals surface area contributed by atoms with Gasteiger partial charge in [0.15, 0.2) is 0 Å². The van der Waals surface area contributed by atoms with Crippen LogP contribution in [-0.2, 0) is 11.2 Å². The van der Waals surface area contributed by atoms with Crippen molar-refractivity contribution in [2.75, 3.05) is 12.3 Å². The Morgan fingerprint density at radius 2 is 2.18 bits per heavy atom. The quantitative estimate of drug-likeness (QED) is 0.693. The number of nitrogens with zero attached hydrogens (tertiary/aromatic N) is 1. The van der Waals surface area contributed by atoms with Crippen LogP contribution >= 0.6 is 0 Å². The Kier molecular flexibility index (Phi) is 3.88. The fourth-order valence-corrected chi connectivity index (χ4v) is 1.21. The lowest BCUT2D eigenvalue weighted by Gasteiger charge is -2.17. The number of carbonyl (C=O) groups is 1. The Labute approximate surface area is 99.6 Å². The van der Waals surface area contributed by atoms with Gasteiger partial charge in [-0.3, -0.25) is 9.59 Å². The second-order valence-electron chi connectivity index (χ2n) is 4.87. The molecular formula is C11H18N4O2. The van der Waals surface area contributed by atoms with Crippen molar-refractivity contribution in [2.24, 2.45) is 5.41 Å². The summed E-state index contributed by atoms with van der Waals surface area (Å²) in [7, 11) is 0. The molecule has 0 fully saturated rings. The van der Waals surface area contributed by atoms with E-state index in [0.717, 1.165) is 0 Å². The van der Waals surface area contributed by atoms with Crippen LogP contribution in [0.4, 0.5) is 5.82 Å². The predicted molar refractivity (Wildman–Crippen MR) is 65.4 cm³/mol. The molecule has 0 aliphatic carbocycles. The summed E-state index contributed by atoms with van der Waals surface area (Å²) in [5.74, 6) is 0.624. The largest absolute Gasteiger partial charge is 0.383 e. The molecule has 0 unspecified atom stereocenters. The summed E-state index contributed by atoms with van der Waals surface area (Å²) in [5, 5.41) is 2.77. The summed E-state index contributed by atoms with van der Waals surface area (Å²) >= 11 is 0. The van der Waals surface area contributed by atoms with Gasteiger partial charge in [0.1, 0.15) is 11.6 Å². The number of nitrogens with one attached hydrogen (secondary N) is 2. The minimum absolute atomic E-state index is 0.0382. The van der Waals surface area contributed by atoms with Crippen molar-refractivity contribution >= 4 is 11.7 Å². The molecule has 0 aromatic carbocycles. The fraction of sp³-hybridized carbons (Fsp3) is 0.545. The van der Waals surface area contributed by atoms with Crippen molar-refractivity contribution in [1.29, 1.82) is 0 Å². The van der Waals surface area contributed by atoms with Crippen molar-refractivity contribution in [3.05, 3.63) is 22.2 Å². The van der Waals surface area contributed by atoms with E-state index in [-0.39, 0.29) is 17.3 Å². The molecule has 0 radical (unpaired) electrons. The third-order valence-corrected chi connectivity index (χ3v) is 2.14. The molecule has 0 bridgehead atoms. The Balaban J connectivity index is 2.52. The molecule has 6 heteroatoms. The van der Waals surface area contributed by atoms with E-state index in [1.54, 1.807) is 0 Å². The zero-order valence-electron chi connectivity index (χ0n) is 10.3. The van der Waals surface area contributed by atoms with E-state index in [9.17, 15) is 9.59 Å². The van der Waals surface area contributed by atoms with Gasteiger partial charge >= 0.3 is 0 Å². The minimum Gasteiger partial charge on any atom is -0.383 e. The van der Waals surface area contributed by atoms with E-state index in [1.807, 2.05) is 20.8 Å². The van der Waals surface area contributed by atoms with Gasteiger partial charge in [-0.2, -0.15) is 0 Å². The van der Waals surface area contributed by atoms with Gasteiger partial charge in [-0.25, -0.2) is 4.98 Å². The van der Waals surface area contributed by atoms with Gasteiger partial charge in [0.2, 0.25) is 5.91 Å². The third-order valence-electron chi connectivity index (χ3n) is 2.14. The van der Waals surface area contributed by atoms with Gasteiger partial charge in [0.25, 0.3) is 5.56 Å². The number of hydrogen-bond donors (Lipinski definition) is 3. The zero-order valence-corrected chi connectivity index (χ0v) is 10.3. The van der Waals surface area contributed by atoms with Crippen LogP contribution in [-0.4, -0.2) is 22.4 Å². The number of nitrogen functional groups attached to an aromatic ring is 1. The highest BCUT2D eigenvalue weighted by molar-refractivity contribution is 5.81. The van der Waals surface area contributed by atoms with E-state index in [1.165, 1.54) is 6.07 Å². The van der Waals surface area contributed by atoms with E-state index in [4.69, 9.17) is 5.73 Å². The van der Waals surface area contributed by atoms with E-state index in [2.05, 4.69) is 15.3 Å². The first-order valence-electron chi connectivity index (χ1n) is 5.43. The number of amides is 1. The minimum atomic E-state index is -0.420. The molecule has 0 saturated heterocycles. The smallest absolute Gasteiger partial charge is 0.252 e. The van der Waals surface area contributed by atoms with E-state index < -0.39 is 5.41 Å². The van der Waals surface area contributed by atoms with Gasteiger partial charge in [-0.05, 0) is 0 Å². The van der Waals surface area contributed by atoms with Crippen LogP contribution in [0.25, 0.3) is 0 Å². The highest BCUT2D eigenvalue weighted by Gasteiger charge is 2.20. The van der Waals surface area contributed by atoms with E-state index >= 15 is 0 Å². The first-order valence-corrected chi connectivity index (χ1v) is 5.43. The second kappa shape index (κ2) is 4.99. The molecule has 0 aliphatic heterocycles. The lowest BCUT2D eigenvalue weighted by Crippen LogP contribution is -2.36. The topological polar surface area (TPSA) is 101 Å². The highest BCUT2D eigenvalue weighted by Crippen LogP contribution is 2.12. The normalized spacial score (nSPS) is 11.2. The molecule has 0 spiro atoms. The number of nitrogens with two attached hydrogens (primary N) is 1. The predicted octanol–water partition coefficient (Wildman–Crippen LogP) is 0.0569. The molecule has 0 aliphatic rings. The SMILES string of the molecule is CC(C)(C)C(=O)NCCc1nc(N)cc(=O)[nH]1. The summed E-state index contributed by atoms with van der Waals surface area (Å²) in [4.78, 5) is 29.2. The fourth-order valence-electron chi connectivity index (χ4n) is 1.21. The molecule has 1 heterocycles. The summed E-state index contributed by atoms with van der Waals surface area (Å²) in [5.41, 5.74) is 4.74. The standard InChI is InChI=1S/C11H18N4O2/c1-11(2,3)10(17)13-5-4-8-14-7(12)6-9(16)15-8/h6H,4-5H2,1-3H3,(H,13,17)(H3,12,14,15,16). The first kappa shape index (κ1) is 13.2. The Hall–Kier alpha value is -1.85. The van der Waals surface area contributed by atoms with Crippen molar-refractivity contribution in [2.45, 2.75) is 27.2 Å². The van der Waals surface area contributed by atoms with Crippen LogP contribution in [0.15, 0.2) is 10.9 Å². The van der Waals surface area contributed by atoms with Crippen molar-refractivity contribution in [3.63, 3.8) is 0 Å². The molecule has 1 aromatic rings. The number of carbonyl (C=O) groups excluding carboxylic acids is 1. The Morgan fingerprint density at radius 3 is 2.71 bits per heavy atom. The van der Waals surface area contributed by atoms with Gasteiger partial charge in [-0.15, -0.1) is 0 Å². The molecule has 1 amide bonds. The maximum absolute atomic E-state index is 11.6. The second-order valence-corrected chi connectivity index (χ2v) is 4.87. The lowest BCUT2D eigenvalue weighted by molar-refractivity contribution is -0.128. The molecule has 6 nitrogen and oxygen atoms in total. The van der Waals surface area contributed by atoms with Crippen LogP contribution in [0, 0.1) is 5.41 Å². The van der Waals surface area contributed by atoms with Crippen molar-refractivity contribution < 1.29 is 4.79 Å². The van der Waals surface area contributed by atoms with Gasteiger partial charge in [0.05, 0.1) is 0 Å². The average molecular weight is 238 g/mol. The molecule has 4 N–H and O–H groups in total. The third kappa shape index (κ3) is 4.26. The summed E-state index contributed by atoms with van der Waals surface area (Å²) in [6, 6.07) is 1.22. The van der Waals surface area contributed by atoms with Crippen LogP contribution in [0.5, 0.6) is 0 Å². The van der Waals surface area contributed by atoms with Crippen LogP contribution in [0.2, 0.25) is 0 Å². The number of aromatic nitrogens is 2. The molecule has 94 valence electrons. The summed E-state index contributed by atoms with van der Waals surface area (Å²) < 4.78 is 0. The summed E-state index contributed by atoms with van der Waals surface area (Å²) in [6.07, 6.45) is 0.447. The maximum Gasteiger partial charge on any atom is 0.252 e. The summed E-state index contributed by atoms with van der Waals surface area (Å²) in [6.45, 7) is 5.93. The lowest BCUT2D eigenvalue weighted by atomic mass is 9.96. The molecular weight excluding hydrogens is 220 g/mol. The molecule has 17 heavy (non-hydrogen) atoms. The molecule has 1 rings (SSSR count). The monoisotopic (exact) mass is 238 g/mol. The van der Waals surface area contributed by atoms with Crippen molar-refractivity contribution in [3.8, 4) is 0 Å². The number of anilines is 1. The Morgan fingerprint density at radius 1 is 1.53 bits per heavy atom.